The first-order valence-corrected chi connectivity index (χ1v) is 8.01. The number of benzene rings is 2. The molecule has 0 aliphatic rings. The molecule has 0 saturated heterocycles. The number of aromatic nitrogens is 1. The molecule has 0 aliphatic heterocycles. The lowest BCUT2D eigenvalue weighted by Crippen LogP contribution is -2.11. The van der Waals surface area contributed by atoms with E-state index >= 15 is 0 Å². The number of halogens is 1. The summed E-state index contributed by atoms with van der Waals surface area (Å²) >= 11 is 0. The van der Waals surface area contributed by atoms with Crippen LogP contribution in [0.1, 0.15) is 21.6 Å². The molecule has 7 heteroatoms. The second kappa shape index (κ2) is 7.62. The zero-order valence-corrected chi connectivity index (χ0v) is 14.5. The third-order valence-electron chi connectivity index (χ3n) is 3.99. The van der Waals surface area contributed by atoms with E-state index in [0.717, 1.165) is 0 Å². The summed E-state index contributed by atoms with van der Waals surface area (Å²) in [5.74, 6) is -0.539. The van der Waals surface area contributed by atoms with Crippen LogP contribution in [0, 0.1) is 17.1 Å². The maximum Gasteiger partial charge on any atom is 0.357 e. The van der Waals surface area contributed by atoms with Crippen LogP contribution < -0.4 is 10.5 Å². The molecule has 27 heavy (non-hydrogen) atoms. The minimum Gasteiger partial charge on any atom is -0.489 e. The summed E-state index contributed by atoms with van der Waals surface area (Å²) in [5.41, 5.74) is 7.14. The van der Waals surface area contributed by atoms with E-state index in [1.807, 2.05) is 6.07 Å². The van der Waals surface area contributed by atoms with E-state index < -0.39 is 5.97 Å². The van der Waals surface area contributed by atoms with E-state index in [1.165, 1.54) is 23.9 Å². The highest BCUT2D eigenvalue weighted by Crippen LogP contribution is 2.27. The fraction of sp³-hybridized carbons (Fsp3) is 0.100. The number of hydrogen-bond acceptors (Lipinski definition) is 5. The number of nitrogens with zero attached hydrogens (tertiary/aromatic N) is 2. The Labute approximate surface area is 155 Å². The minimum atomic E-state index is -0.660. The van der Waals surface area contributed by atoms with Crippen molar-refractivity contribution >= 4 is 11.7 Å². The third-order valence-corrected chi connectivity index (χ3v) is 3.99. The van der Waals surface area contributed by atoms with Crippen molar-refractivity contribution in [2.24, 2.45) is 0 Å². The minimum absolute atomic E-state index is 0.0435. The van der Waals surface area contributed by atoms with E-state index in [-0.39, 0.29) is 29.4 Å². The number of esters is 1. The molecule has 0 saturated carbocycles. The molecule has 1 heterocycles. The lowest BCUT2D eigenvalue weighted by molar-refractivity contribution is 0.0593. The van der Waals surface area contributed by atoms with Crippen molar-refractivity contribution in [1.82, 2.24) is 4.57 Å². The Morgan fingerprint density at radius 2 is 2.04 bits per heavy atom. The van der Waals surface area contributed by atoms with Crippen LogP contribution in [-0.2, 0) is 11.3 Å². The van der Waals surface area contributed by atoms with Crippen molar-refractivity contribution in [3.8, 4) is 17.5 Å². The lowest BCUT2D eigenvalue weighted by atomic mass is 10.2. The van der Waals surface area contributed by atoms with E-state index in [0.29, 0.717) is 17.0 Å². The number of ether oxygens (including phenoxy) is 2. The number of nitriles is 1. The Hall–Kier alpha value is -3.79. The average Bonchev–Trinajstić information content (AvgIpc) is 3.03. The largest absolute Gasteiger partial charge is 0.489 e. The van der Waals surface area contributed by atoms with Gasteiger partial charge in [0.25, 0.3) is 0 Å². The normalized spacial score (nSPS) is 10.3. The number of nitrogens with two attached hydrogens (primary N) is 1. The fourth-order valence-corrected chi connectivity index (χ4v) is 2.62. The molecule has 1 aromatic heterocycles. The number of carbonyl (C=O) groups excluding carboxylic acids is 1. The first kappa shape index (κ1) is 18.0. The molecular weight excluding hydrogens is 349 g/mol. The number of methoxy groups -OCH3 is 1. The van der Waals surface area contributed by atoms with Crippen molar-refractivity contribution in [2.45, 2.75) is 6.61 Å². The molecule has 0 spiro atoms. The van der Waals surface area contributed by atoms with Gasteiger partial charge in [0.2, 0.25) is 0 Å². The van der Waals surface area contributed by atoms with Gasteiger partial charge < -0.3 is 19.8 Å². The molecule has 0 radical (unpaired) electrons. The molecule has 0 fully saturated rings. The van der Waals surface area contributed by atoms with Gasteiger partial charge in [0.1, 0.15) is 24.2 Å². The molecule has 2 aromatic carbocycles. The van der Waals surface area contributed by atoms with Crippen molar-refractivity contribution < 1.29 is 18.7 Å². The van der Waals surface area contributed by atoms with Gasteiger partial charge in [-0.25, -0.2) is 9.18 Å². The summed E-state index contributed by atoms with van der Waals surface area (Å²) in [6.07, 6.45) is 1.46. The Morgan fingerprint density at radius 1 is 1.26 bits per heavy atom. The maximum atomic E-state index is 13.7. The van der Waals surface area contributed by atoms with Gasteiger partial charge >= 0.3 is 5.97 Å². The Bertz CT molecular complexity index is 1040. The number of hydrogen-bond donors (Lipinski definition) is 1. The predicted molar refractivity (Wildman–Crippen MR) is 97.0 cm³/mol. The van der Waals surface area contributed by atoms with Gasteiger partial charge in [0.05, 0.1) is 18.4 Å². The van der Waals surface area contributed by atoms with Gasteiger partial charge in [-0.2, -0.15) is 5.26 Å². The van der Waals surface area contributed by atoms with Crippen molar-refractivity contribution in [2.75, 3.05) is 12.8 Å². The molecule has 0 amide bonds. The number of nitrogen functional groups attached to an aromatic ring is 1. The van der Waals surface area contributed by atoms with Gasteiger partial charge in [-0.15, -0.1) is 0 Å². The second-order valence-electron chi connectivity index (χ2n) is 5.66. The van der Waals surface area contributed by atoms with Crippen LogP contribution in [0.5, 0.6) is 5.75 Å². The fourth-order valence-electron chi connectivity index (χ4n) is 2.62. The molecule has 136 valence electrons. The predicted octanol–water partition coefficient (Wildman–Crippen LogP) is 3.44. The second-order valence-corrected chi connectivity index (χ2v) is 5.66. The zero-order valence-electron chi connectivity index (χ0n) is 14.5. The molecule has 6 nitrogen and oxygen atoms in total. The standard InChI is InChI=1S/C20H16FN3O3/c1-26-20(25)19-18(23)14(10-22)11-24(19)15-6-4-7-16(9-15)27-12-13-5-2-3-8-17(13)21/h2-9,11H,12,23H2,1H3. The zero-order chi connectivity index (χ0) is 19.4. The van der Waals surface area contributed by atoms with Crippen LogP contribution in [0.4, 0.5) is 10.1 Å². The number of anilines is 1. The summed E-state index contributed by atoms with van der Waals surface area (Å²) in [6, 6.07) is 15.1. The summed E-state index contributed by atoms with van der Waals surface area (Å²) in [6.45, 7) is 0.0528. The van der Waals surface area contributed by atoms with E-state index in [2.05, 4.69) is 0 Å². The van der Waals surface area contributed by atoms with Crippen LogP contribution in [-0.4, -0.2) is 17.6 Å². The van der Waals surface area contributed by atoms with Crippen LogP contribution in [0.2, 0.25) is 0 Å². The summed E-state index contributed by atoms with van der Waals surface area (Å²) in [5, 5.41) is 9.19. The highest BCUT2D eigenvalue weighted by molar-refractivity contribution is 5.95. The van der Waals surface area contributed by atoms with Gasteiger partial charge in [-0.1, -0.05) is 24.3 Å². The van der Waals surface area contributed by atoms with Crippen molar-refractivity contribution in [3.63, 3.8) is 0 Å². The van der Waals surface area contributed by atoms with Gasteiger partial charge in [-0.05, 0) is 18.2 Å². The highest BCUT2D eigenvalue weighted by Gasteiger charge is 2.21. The maximum absolute atomic E-state index is 13.7. The molecule has 2 N–H and O–H groups in total. The first-order chi connectivity index (χ1) is 13.0. The Kier molecular flexibility index (Phi) is 5.08. The van der Waals surface area contributed by atoms with Gasteiger partial charge in [-0.3, -0.25) is 0 Å². The third kappa shape index (κ3) is 3.60. The lowest BCUT2D eigenvalue weighted by Gasteiger charge is -2.11. The van der Waals surface area contributed by atoms with Crippen molar-refractivity contribution in [3.05, 3.63) is 77.4 Å². The molecule has 0 unspecified atom stereocenters. The van der Waals surface area contributed by atoms with Crippen LogP contribution in [0.3, 0.4) is 0 Å². The number of rotatable bonds is 5. The highest BCUT2D eigenvalue weighted by atomic mass is 19.1. The average molecular weight is 365 g/mol. The van der Waals surface area contributed by atoms with Gasteiger partial charge in [0, 0.05) is 23.5 Å². The SMILES string of the molecule is COC(=O)c1c(N)c(C#N)cn1-c1cccc(OCc2ccccc2F)c1. The molecule has 0 aliphatic carbocycles. The van der Waals surface area contributed by atoms with Crippen LogP contribution >= 0.6 is 0 Å². The molecule has 3 rings (SSSR count). The van der Waals surface area contributed by atoms with E-state index in [4.69, 9.17) is 15.2 Å². The van der Waals surface area contributed by atoms with E-state index in [9.17, 15) is 14.4 Å². The smallest absolute Gasteiger partial charge is 0.357 e. The van der Waals surface area contributed by atoms with Crippen LogP contribution in [0.25, 0.3) is 5.69 Å². The Balaban J connectivity index is 1.93. The number of carbonyl (C=O) groups is 1. The van der Waals surface area contributed by atoms with Gasteiger partial charge in [0.15, 0.2) is 5.69 Å². The molecular formula is C20H16FN3O3. The summed E-state index contributed by atoms with van der Waals surface area (Å²) in [4.78, 5) is 12.1. The monoisotopic (exact) mass is 365 g/mol. The van der Waals surface area contributed by atoms with E-state index in [1.54, 1.807) is 42.5 Å². The topological polar surface area (TPSA) is 90.3 Å². The summed E-state index contributed by atoms with van der Waals surface area (Å²) < 4.78 is 25.6. The molecule has 0 atom stereocenters. The van der Waals surface area contributed by atoms with Crippen molar-refractivity contribution in [1.29, 1.82) is 5.26 Å². The Morgan fingerprint density at radius 3 is 2.74 bits per heavy atom. The quantitative estimate of drug-likeness (QED) is 0.700. The molecule has 0 bridgehead atoms. The van der Waals surface area contributed by atoms with Crippen LogP contribution in [0.15, 0.2) is 54.7 Å². The summed E-state index contributed by atoms with van der Waals surface area (Å²) in [7, 11) is 1.24. The first-order valence-electron chi connectivity index (χ1n) is 8.01. The molecule has 3 aromatic rings.